The summed E-state index contributed by atoms with van der Waals surface area (Å²) in [6, 6.07) is 17.2. The van der Waals surface area contributed by atoms with Gasteiger partial charge in [-0.25, -0.2) is 4.39 Å². The van der Waals surface area contributed by atoms with Gasteiger partial charge in [0.25, 0.3) is 5.91 Å². The standard InChI is InChI=1S/C23H25FN2O/c1-25-20-11-12-21(25)16-22(15-20)26(14-13-17-5-3-2-4-6-17)23(27)18-7-9-19(24)10-8-18/h2-10,15,20-21H,11-14,16H2,1H3/p+1. The van der Waals surface area contributed by atoms with Crippen LogP contribution in [0.5, 0.6) is 0 Å². The van der Waals surface area contributed by atoms with Gasteiger partial charge in [-0.1, -0.05) is 30.3 Å². The Labute approximate surface area is 160 Å². The lowest BCUT2D eigenvalue weighted by Crippen LogP contribution is -3.14. The van der Waals surface area contributed by atoms with Gasteiger partial charge in [-0.3, -0.25) is 4.79 Å². The molecule has 2 heterocycles. The maximum absolute atomic E-state index is 13.3. The first-order valence-electron chi connectivity index (χ1n) is 9.77. The number of halogens is 1. The number of hydrogen-bond acceptors (Lipinski definition) is 1. The van der Waals surface area contributed by atoms with Crippen molar-refractivity contribution < 1.29 is 14.1 Å². The number of nitrogens with one attached hydrogen (secondary N) is 1. The number of likely N-dealkylation sites (N-methyl/N-ethyl adjacent to an activating group) is 1. The molecular formula is C23H26FN2O+. The number of fused-ring (bicyclic) bond motifs is 2. The summed E-state index contributed by atoms with van der Waals surface area (Å²) in [5.74, 6) is -0.348. The molecule has 1 N–H and O–H groups in total. The van der Waals surface area contributed by atoms with Crippen LogP contribution in [0.1, 0.15) is 35.2 Å². The molecule has 0 saturated carbocycles. The molecule has 2 aromatic rings. The van der Waals surface area contributed by atoms with Crippen molar-refractivity contribution >= 4 is 5.91 Å². The van der Waals surface area contributed by atoms with Crippen molar-refractivity contribution in [3.05, 3.63) is 83.3 Å². The first kappa shape index (κ1) is 17.9. The van der Waals surface area contributed by atoms with Crippen LogP contribution in [-0.2, 0) is 6.42 Å². The Kier molecular flexibility index (Phi) is 5.08. The van der Waals surface area contributed by atoms with Gasteiger partial charge in [0, 0.05) is 37.1 Å². The van der Waals surface area contributed by atoms with Gasteiger partial charge in [0.05, 0.1) is 13.1 Å². The lowest BCUT2D eigenvalue weighted by atomic mass is 10.0. The minimum atomic E-state index is -0.317. The van der Waals surface area contributed by atoms with E-state index in [2.05, 4.69) is 25.3 Å². The molecule has 140 valence electrons. The molecule has 3 nitrogen and oxygen atoms in total. The Morgan fingerprint density at radius 1 is 1.11 bits per heavy atom. The van der Waals surface area contributed by atoms with E-state index >= 15 is 0 Å². The molecule has 2 bridgehead atoms. The predicted molar refractivity (Wildman–Crippen MR) is 104 cm³/mol. The number of carbonyl (C=O) groups excluding carboxylic acids is 1. The van der Waals surface area contributed by atoms with Crippen LogP contribution in [0.25, 0.3) is 0 Å². The second kappa shape index (κ2) is 7.65. The average Bonchev–Trinajstić information content (AvgIpc) is 2.90. The monoisotopic (exact) mass is 365 g/mol. The molecule has 0 spiro atoms. The Morgan fingerprint density at radius 3 is 2.56 bits per heavy atom. The van der Waals surface area contributed by atoms with Gasteiger partial charge < -0.3 is 9.80 Å². The fraction of sp³-hybridized carbons (Fsp3) is 0.348. The second-order valence-corrected chi connectivity index (χ2v) is 7.69. The number of nitrogens with zero attached hydrogens (tertiary/aromatic N) is 1. The fourth-order valence-corrected chi connectivity index (χ4v) is 4.38. The summed E-state index contributed by atoms with van der Waals surface area (Å²) in [4.78, 5) is 16.7. The third-order valence-electron chi connectivity index (χ3n) is 6.05. The topological polar surface area (TPSA) is 24.8 Å². The molecule has 4 heteroatoms. The van der Waals surface area contributed by atoms with Crippen LogP contribution in [0.3, 0.4) is 0 Å². The first-order valence-corrected chi connectivity index (χ1v) is 9.77. The largest absolute Gasteiger partial charge is 0.329 e. The minimum absolute atomic E-state index is 0.0314. The van der Waals surface area contributed by atoms with E-state index in [0.29, 0.717) is 24.2 Å². The normalized spacial score (nSPS) is 23.8. The van der Waals surface area contributed by atoms with E-state index in [1.807, 2.05) is 23.1 Å². The lowest BCUT2D eigenvalue weighted by molar-refractivity contribution is -0.912. The maximum atomic E-state index is 13.3. The van der Waals surface area contributed by atoms with E-state index in [0.717, 1.165) is 18.5 Å². The molecule has 2 aliphatic rings. The van der Waals surface area contributed by atoms with Crippen molar-refractivity contribution in [2.24, 2.45) is 0 Å². The van der Waals surface area contributed by atoms with Gasteiger partial charge in [-0.15, -0.1) is 0 Å². The first-order chi connectivity index (χ1) is 13.1. The van der Waals surface area contributed by atoms with Gasteiger partial charge in [-0.2, -0.15) is 0 Å². The highest BCUT2D eigenvalue weighted by molar-refractivity contribution is 5.95. The van der Waals surface area contributed by atoms with E-state index in [9.17, 15) is 9.18 Å². The van der Waals surface area contributed by atoms with Crippen molar-refractivity contribution in [1.29, 1.82) is 0 Å². The summed E-state index contributed by atoms with van der Waals surface area (Å²) >= 11 is 0. The Balaban J connectivity index is 1.59. The summed E-state index contributed by atoms with van der Waals surface area (Å²) in [5.41, 5.74) is 2.90. The fourth-order valence-electron chi connectivity index (χ4n) is 4.38. The minimum Gasteiger partial charge on any atom is -0.329 e. The van der Waals surface area contributed by atoms with Crippen LogP contribution in [0, 0.1) is 5.82 Å². The number of benzene rings is 2. The SMILES string of the molecule is C[NH+]1C2C=C(N(CCc3ccccc3)C(=O)c3ccc(F)cc3)CC1CC2. The summed E-state index contributed by atoms with van der Waals surface area (Å²) in [7, 11) is 2.26. The van der Waals surface area contributed by atoms with Crippen LogP contribution in [0.4, 0.5) is 4.39 Å². The maximum Gasteiger partial charge on any atom is 0.258 e. The Morgan fingerprint density at radius 2 is 1.85 bits per heavy atom. The molecule has 4 rings (SSSR count). The van der Waals surface area contributed by atoms with Crippen LogP contribution in [-0.4, -0.2) is 36.5 Å². The molecule has 3 atom stereocenters. The van der Waals surface area contributed by atoms with E-state index in [-0.39, 0.29) is 11.7 Å². The van der Waals surface area contributed by atoms with Gasteiger partial charge in [0.1, 0.15) is 11.9 Å². The highest BCUT2D eigenvalue weighted by Gasteiger charge is 2.40. The summed E-state index contributed by atoms with van der Waals surface area (Å²) in [5, 5.41) is 0. The zero-order chi connectivity index (χ0) is 18.8. The number of carbonyl (C=O) groups is 1. The van der Waals surface area contributed by atoms with Crippen molar-refractivity contribution in [3.8, 4) is 0 Å². The molecule has 1 amide bonds. The second-order valence-electron chi connectivity index (χ2n) is 7.69. The molecule has 0 radical (unpaired) electrons. The molecular weight excluding hydrogens is 339 g/mol. The smallest absolute Gasteiger partial charge is 0.258 e. The van der Waals surface area contributed by atoms with Crippen LogP contribution in [0.2, 0.25) is 0 Å². The number of quaternary nitrogens is 1. The van der Waals surface area contributed by atoms with E-state index < -0.39 is 0 Å². The van der Waals surface area contributed by atoms with Crippen molar-refractivity contribution in [3.63, 3.8) is 0 Å². The molecule has 0 aromatic heterocycles. The van der Waals surface area contributed by atoms with Gasteiger partial charge >= 0.3 is 0 Å². The molecule has 27 heavy (non-hydrogen) atoms. The molecule has 1 fully saturated rings. The summed E-state index contributed by atoms with van der Waals surface area (Å²) < 4.78 is 13.3. The van der Waals surface area contributed by atoms with Gasteiger partial charge in [-0.05, 0) is 42.3 Å². The third kappa shape index (κ3) is 3.81. The van der Waals surface area contributed by atoms with E-state index in [4.69, 9.17) is 0 Å². The van der Waals surface area contributed by atoms with Crippen molar-refractivity contribution in [2.75, 3.05) is 13.6 Å². The Hall–Kier alpha value is -2.46. The number of amides is 1. The highest BCUT2D eigenvalue weighted by atomic mass is 19.1. The summed E-state index contributed by atoms with van der Waals surface area (Å²) in [6.07, 6.45) is 6.45. The van der Waals surface area contributed by atoms with Gasteiger partial charge in [0.2, 0.25) is 0 Å². The molecule has 3 unspecified atom stereocenters. The molecule has 2 aromatic carbocycles. The predicted octanol–water partition coefficient (Wildman–Crippen LogP) is 2.84. The number of rotatable bonds is 5. The van der Waals surface area contributed by atoms with Crippen molar-refractivity contribution in [2.45, 2.75) is 37.8 Å². The average molecular weight is 365 g/mol. The zero-order valence-corrected chi connectivity index (χ0v) is 15.7. The molecule has 0 aliphatic carbocycles. The van der Waals surface area contributed by atoms with Crippen LogP contribution >= 0.6 is 0 Å². The lowest BCUT2D eigenvalue weighted by Gasteiger charge is -2.33. The summed E-state index contributed by atoms with van der Waals surface area (Å²) in [6.45, 7) is 0.643. The van der Waals surface area contributed by atoms with E-state index in [1.54, 1.807) is 17.0 Å². The number of hydrogen-bond donors (Lipinski definition) is 1. The van der Waals surface area contributed by atoms with Crippen molar-refractivity contribution in [1.82, 2.24) is 4.90 Å². The highest BCUT2D eigenvalue weighted by Crippen LogP contribution is 2.26. The molecule has 1 saturated heterocycles. The zero-order valence-electron chi connectivity index (χ0n) is 15.7. The Bertz CT molecular complexity index is 831. The van der Waals surface area contributed by atoms with Crippen LogP contribution < -0.4 is 4.90 Å². The molecule has 2 aliphatic heterocycles. The quantitative estimate of drug-likeness (QED) is 0.866. The third-order valence-corrected chi connectivity index (χ3v) is 6.05. The van der Waals surface area contributed by atoms with Gasteiger partial charge in [0.15, 0.2) is 0 Å². The van der Waals surface area contributed by atoms with E-state index in [1.165, 1.54) is 30.5 Å². The van der Waals surface area contributed by atoms with Crippen LogP contribution in [0.15, 0.2) is 66.4 Å².